The third-order valence-electron chi connectivity index (χ3n) is 14.9. The van der Waals surface area contributed by atoms with Crippen molar-refractivity contribution < 1.29 is 80.2 Å². The molecule has 0 aliphatic rings. The number of aliphatic hydroxyl groups is 1. The molecule has 0 aliphatic carbocycles. The first-order valence-electron chi connectivity index (χ1n) is 39.0. The Labute approximate surface area is 639 Å². The molecule has 0 aromatic heterocycles. The summed E-state index contributed by atoms with van der Waals surface area (Å²) >= 11 is 0. The van der Waals surface area contributed by atoms with Gasteiger partial charge in [0, 0.05) is 25.7 Å². The molecule has 19 heteroatoms. The van der Waals surface area contributed by atoms with Crippen molar-refractivity contribution in [2.45, 2.75) is 264 Å². The van der Waals surface area contributed by atoms with Crippen LogP contribution in [0.25, 0.3) is 0 Å². The van der Waals surface area contributed by atoms with Gasteiger partial charge in [-0.1, -0.05) is 272 Å². The molecule has 106 heavy (non-hydrogen) atoms. The predicted octanol–water partition coefficient (Wildman–Crippen LogP) is 22.9. The Hall–Kier alpha value is -6.62. The van der Waals surface area contributed by atoms with Gasteiger partial charge in [-0.05, 0) is 167 Å². The van der Waals surface area contributed by atoms with Gasteiger partial charge in [-0.2, -0.15) is 0 Å². The van der Waals surface area contributed by atoms with Crippen molar-refractivity contribution in [2.24, 2.45) is 0 Å². The molecule has 0 aromatic carbocycles. The van der Waals surface area contributed by atoms with E-state index in [1.54, 1.807) is 0 Å². The molecule has 0 heterocycles. The van der Waals surface area contributed by atoms with Gasteiger partial charge in [-0.3, -0.25) is 37.3 Å². The molecule has 0 saturated carbocycles. The topological polar surface area (TPSA) is 237 Å². The third kappa shape index (κ3) is 75.6. The summed E-state index contributed by atoms with van der Waals surface area (Å²) in [6.07, 6.45) is 96.7. The molecule has 0 aliphatic heterocycles. The maximum Gasteiger partial charge on any atom is 0.472 e. The van der Waals surface area contributed by atoms with Crippen LogP contribution < -0.4 is 0 Å². The Balaban J connectivity index is 5.56. The van der Waals surface area contributed by atoms with Crippen molar-refractivity contribution >= 4 is 39.5 Å². The molecule has 5 unspecified atom stereocenters. The van der Waals surface area contributed by atoms with E-state index in [1.807, 2.05) is 42.5 Å². The molecule has 0 aromatic rings. The molecular weight excluding hydrogens is 1380 g/mol. The summed E-state index contributed by atoms with van der Waals surface area (Å²) < 4.78 is 68.3. The maximum atomic E-state index is 13.1. The summed E-state index contributed by atoms with van der Waals surface area (Å²) in [6, 6.07) is 0. The van der Waals surface area contributed by atoms with E-state index in [9.17, 15) is 43.2 Å². The molecule has 0 bridgehead atoms. The highest BCUT2D eigenvalue weighted by Gasteiger charge is 2.30. The zero-order valence-electron chi connectivity index (χ0n) is 64.8. The molecule has 0 rings (SSSR count). The van der Waals surface area contributed by atoms with Gasteiger partial charge in [-0.25, -0.2) is 9.13 Å². The van der Waals surface area contributed by atoms with Gasteiger partial charge in [0.25, 0.3) is 0 Å². The van der Waals surface area contributed by atoms with Crippen LogP contribution in [-0.4, -0.2) is 96.7 Å². The van der Waals surface area contributed by atoms with Gasteiger partial charge in [0.05, 0.1) is 26.4 Å². The monoisotopic (exact) mass is 1510 g/mol. The number of carbonyl (C=O) groups is 4. The molecule has 0 fully saturated rings. The number of allylic oxidation sites excluding steroid dienone is 36. The SMILES string of the molecule is CC/C=C\C/C=C\C/C=C\C/C=C\C/C=C\C/C=C\CCC(=O)OCC(COP(=O)(O)OCC(O)COP(=O)(O)OCC(COC(=O)CCC/C=C\C/C=C\C/C=C\C/C=C\C/C=C\CC)OC(=O)CCC/C=C\C/C=C\C/C=C\C/C=C\C/C=C\CC)OC(=O)CCCCCCC/C=C\C/C=C\CCC. The van der Waals surface area contributed by atoms with Gasteiger partial charge in [-0.15, -0.1) is 0 Å². The Morgan fingerprint density at radius 1 is 0.274 bits per heavy atom. The molecule has 594 valence electrons. The van der Waals surface area contributed by atoms with Crippen LogP contribution in [0.4, 0.5) is 0 Å². The highest BCUT2D eigenvalue weighted by Crippen LogP contribution is 2.45. The second-order valence-corrected chi connectivity index (χ2v) is 27.7. The summed E-state index contributed by atoms with van der Waals surface area (Å²) in [6.45, 7) is 4.18. The number of hydrogen-bond acceptors (Lipinski definition) is 15. The summed E-state index contributed by atoms with van der Waals surface area (Å²) in [4.78, 5) is 72.9. The molecule has 0 radical (unpaired) electrons. The summed E-state index contributed by atoms with van der Waals surface area (Å²) in [5.41, 5.74) is 0. The normalized spacial score (nSPS) is 15.0. The van der Waals surface area contributed by atoms with E-state index in [0.29, 0.717) is 44.9 Å². The van der Waals surface area contributed by atoms with Crippen molar-refractivity contribution in [1.82, 2.24) is 0 Å². The first-order chi connectivity index (χ1) is 51.7. The fourth-order valence-corrected chi connectivity index (χ4v) is 10.7. The molecule has 0 amide bonds. The van der Waals surface area contributed by atoms with E-state index in [1.165, 1.54) is 0 Å². The van der Waals surface area contributed by atoms with Crippen LogP contribution in [0.5, 0.6) is 0 Å². The Bertz CT molecular complexity index is 2880. The quantitative estimate of drug-likeness (QED) is 0.0169. The highest BCUT2D eigenvalue weighted by molar-refractivity contribution is 7.47. The van der Waals surface area contributed by atoms with Crippen LogP contribution in [-0.2, 0) is 65.4 Å². The van der Waals surface area contributed by atoms with E-state index >= 15 is 0 Å². The highest BCUT2D eigenvalue weighted by atomic mass is 31.2. The van der Waals surface area contributed by atoms with Crippen LogP contribution in [0.15, 0.2) is 219 Å². The lowest BCUT2D eigenvalue weighted by Crippen LogP contribution is -2.30. The summed E-state index contributed by atoms with van der Waals surface area (Å²) in [7, 11) is -10.0. The second-order valence-electron chi connectivity index (χ2n) is 24.8. The summed E-state index contributed by atoms with van der Waals surface area (Å²) in [5.74, 6) is -2.46. The van der Waals surface area contributed by atoms with E-state index in [0.717, 1.165) is 148 Å². The predicted molar refractivity (Wildman–Crippen MR) is 435 cm³/mol. The number of rotatable bonds is 70. The minimum atomic E-state index is -5.02. The molecular formula is C87H134O17P2. The van der Waals surface area contributed by atoms with Crippen molar-refractivity contribution in [2.75, 3.05) is 39.6 Å². The van der Waals surface area contributed by atoms with Crippen molar-refractivity contribution in [3.63, 3.8) is 0 Å². The summed E-state index contributed by atoms with van der Waals surface area (Å²) in [5, 5.41) is 10.6. The number of unbranched alkanes of at least 4 members (excludes halogenated alkanes) is 8. The zero-order chi connectivity index (χ0) is 77.4. The molecule has 0 saturated heterocycles. The first-order valence-corrected chi connectivity index (χ1v) is 42.0. The first kappa shape index (κ1) is 99.4. The van der Waals surface area contributed by atoms with E-state index in [2.05, 4.69) is 204 Å². The van der Waals surface area contributed by atoms with Gasteiger partial charge < -0.3 is 33.8 Å². The lowest BCUT2D eigenvalue weighted by molar-refractivity contribution is -0.161. The lowest BCUT2D eigenvalue weighted by Gasteiger charge is -2.21. The second kappa shape index (κ2) is 76.6. The third-order valence-corrected chi connectivity index (χ3v) is 16.8. The van der Waals surface area contributed by atoms with Crippen LogP contribution in [0.2, 0.25) is 0 Å². The lowest BCUT2D eigenvalue weighted by atomic mass is 10.1. The number of phosphoric ester groups is 2. The van der Waals surface area contributed by atoms with Gasteiger partial charge in [0.15, 0.2) is 12.2 Å². The number of hydrogen-bond donors (Lipinski definition) is 3. The molecule has 5 atom stereocenters. The van der Waals surface area contributed by atoms with Crippen molar-refractivity contribution in [1.29, 1.82) is 0 Å². The zero-order valence-corrected chi connectivity index (χ0v) is 66.5. The molecule has 17 nitrogen and oxygen atoms in total. The fraction of sp³-hybridized carbons (Fsp3) is 0.540. The van der Waals surface area contributed by atoms with Crippen molar-refractivity contribution in [3.05, 3.63) is 219 Å². The van der Waals surface area contributed by atoms with Crippen LogP contribution in [0.1, 0.15) is 246 Å². The Kier molecular flexibility index (Phi) is 71.8. The number of aliphatic hydroxyl groups excluding tert-OH is 1. The van der Waals surface area contributed by atoms with E-state index in [4.69, 9.17) is 37.0 Å². The smallest absolute Gasteiger partial charge is 0.462 e. The van der Waals surface area contributed by atoms with Crippen LogP contribution >= 0.6 is 15.6 Å². The van der Waals surface area contributed by atoms with Crippen LogP contribution in [0.3, 0.4) is 0 Å². The molecule has 3 N–H and O–H groups in total. The largest absolute Gasteiger partial charge is 0.472 e. The number of phosphoric acid groups is 2. The van der Waals surface area contributed by atoms with E-state index in [-0.39, 0.29) is 25.7 Å². The van der Waals surface area contributed by atoms with Crippen molar-refractivity contribution in [3.8, 4) is 0 Å². The standard InChI is InChI=1S/C87H134O17P2/c1-5-9-13-17-21-25-29-33-36-39-40-43-45-49-52-56-60-64-68-72-85(90)97-77-82(103-86(91)73-69-65-61-57-53-47-32-28-24-20-16-12-8-4)79-101-105(93,94)99-75-81(88)76-100-106(95,96)102-80-83(104-87(92)74-70-66-62-58-54-50-46-42-38-35-31-27-23-19-15-11-7-3)78-98-84(89)71-67-63-59-55-51-48-44-41-37-34-30-26-22-18-14-10-6-2/h9-11,13-16,20-23,25-28,32-38,40,43-44,46,48-50,52,55,58-60,62,64,81-83,88H,5-8,12,17-19,24,29-31,39,41-42,45,47,51,53-54,56-57,61,63,65-80H2,1-4H3,(H,93,94)(H,95,96)/b13-9-,14-10-,15-11-,20-16-,25-21-,26-22-,27-23-,32-28-,36-33-,37-34-,38-35-,43-40-,48-44-,50-46-,52-49-,59-55-,62-58-,64-60-. The number of ether oxygens (including phenoxy) is 4. The number of esters is 4. The minimum Gasteiger partial charge on any atom is -0.462 e. The van der Waals surface area contributed by atoms with Crippen LogP contribution in [0, 0.1) is 0 Å². The average molecular weight is 1510 g/mol. The minimum absolute atomic E-state index is 0.00751. The van der Waals surface area contributed by atoms with Gasteiger partial charge in [0.2, 0.25) is 0 Å². The maximum absolute atomic E-state index is 13.1. The van der Waals surface area contributed by atoms with Gasteiger partial charge in [0.1, 0.15) is 19.3 Å². The molecule has 0 spiro atoms. The van der Waals surface area contributed by atoms with Gasteiger partial charge >= 0.3 is 39.5 Å². The fourth-order valence-electron chi connectivity index (χ4n) is 9.12. The Morgan fingerprint density at radius 2 is 0.519 bits per heavy atom. The average Bonchev–Trinajstić information content (AvgIpc) is 0.900. The Morgan fingerprint density at radius 3 is 0.849 bits per heavy atom. The van der Waals surface area contributed by atoms with E-state index < -0.39 is 97.5 Å². The number of carbonyl (C=O) groups excluding carboxylic acids is 4.